The van der Waals surface area contributed by atoms with E-state index in [0.717, 1.165) is 50.5 Å². The van der Waals surface area contributed by atoms with E-state index in [0.29, 0.717) is 30.5 Å². The molecule has 3 aliphatic rings. The van der Waals surface area contributed by atoms with Gasteiger partial charge in [-0.3, -0.25) is 4.57 Å². The van der Waals surface area contributed by atoms with Crippen molar-refractivity contribution in [1.29, 1.82) is 0 Å². The van der Waals surface area contributed by atoms with Crippen LogP contribution in [0, 0.1) is 5.92 Å². The van der Waals surface area contributed by atoms with Gasteiger partial charge in [0.15, 0.2) is 0 Å². The Morgan fingerprint density at radius 1 is 1.00 bits per heavy atom. The minimum Gasteiger partial charge on any atom is -0.464 e. The monoisotopic (exact) mass is 477 g/mol. The maximum Gasteiger partial charge on any atom is 0.416 e. The van der Waals surface area contributed by atoms with E-state index < -0.39 is 11.7 Å². The van der Waals surface area contributed by atoms with Gasteiger partial charge in [0, 0.05) is 50.9 Å². The molecule has 1 aromatic heterocycles. The third kappa shape index (κ3) is 4.90. The molecule has 1 saturated carbocycles. The van der Waals surface area contributed by atoms with Crippen LogP contribution in [-0.4, -0.2) is 58.5 Å². The number of aromatic nitrogens is 3. The number of likely N-dealkylation sites (tertiary alicyclic amines) is 1. The van der Waals surface area contributed by atoms with Crippen LogP contribution < -0.4 is 9.64 Å². The highest BCUT2D eigenvalue weighted by atomic mass is 19.4. The van der Waals surface area contributed by atoms with E-state index in [1.807, 2.05) is 11.6 Å². The summed E-state index contributed by atoms with van der Waals surface area (Å²) < 4.78 is 46.6. The van der Waals surface area contributed by atoms with Gasteiger partial charge < -0.3 is 14.5 Å². The quantitative estimate of drug-likeness (QED) is 0.533. The fourth-order valence-electron chi connectivity index (χ4n) is 6.01. The number of hydrogen-bond acceptors (Lipinski definition) is 5. The summed E-state index contributed by atoms with van der Waals surface area (Å²) >= 11 is 0. The number of anilines is 1. The SMILES string of the molecule is Cn1c(OCCCN2CC3CCN(c4ccc(C(F)(F)F)cc4)C3C2)nnc1C1CCCCC1. The smallest absolute Gasteiger partial charge is 0.416 e. The normalized spacial score (nSPS) is 24.1. The van der Waals surface area contributed by atoms with Gasteiger partial charge in [0.2, 0.25) is 0 Å². The van der Waals surface area contributed by atoms with Crippen LogP contribution in [0.2, 0.25) is 0 Å². The highest BCUT2D eigenvalue weighted by Gasteiger charge is 2.41. The van der Waals surface area contributed by atoms with Crippen molar-refractivity contribution in [2.24, 2.45) is 13.0 Å². The van der Waals surface area contributed by atoms with Crippen molar-refractivity contribution < 1.29 is 17.9 Å². The second-order valence-corrected chi connectivity index (χ2v) is 10.1. The van der Waals surface area contributed by atoms with Gasteiger partial charge in [-0.2, -0.15) is 13.2 Å². The Balaban J connectivity index is 1.09. The molecule has 2 saturated heterocycles. The van der Waals surface area contributed by atoms with Gasteiger partial charge in [-0.15, -0.1) is 5.10 Å². The zero-order valence-corrected chi connectivity index (χ0v) is 19.8. The van der Waals surface area contributed by atoms with Crippen LogP contribution in [0.4, 0.5) is 18.9 Å². The molecule has 5 rings (SSSR count). The Morgan fingerprint density at radius 3 is 2.50 bits per heavy atom. The van der Waals surface area contributed by atoms with Gasteiger partial charge in [-0.1, -0.05) is 24.4 Å². The molecule has 0 radical (unpaired) electrons. The fraction of sp³-hybridized carbons (Fsp3) is 0.680. The zero-order chi connectivity index (χ0) is 23.7. The minimum atomic E-state index is -4.29. The molecular formula is C25H34F3N5O. The third-order valence-corrected chi connectivity index (χ3v) is 7.84. The summed E-state index contributed by atoms with van der Waals surface area (Å²) in [5, 5.41) is 8.67. The Bertz CT molecular complexity index is 954. The van der Waals surface area contributed by atoms with Crippen LogP contribution >= 0.6 is 0 Å². The average Bonchev–Trinajstić information content (AvgIpc) is 3.51. The van der Waals surface area contributed by atoms with Crippen LogP contribution in [0.15, 0.2) is 24.3 Å². The summed E-state index contributed by atoms with van der Waals surface area (Å²) in [5.41, 5.74) is 0.301. The van der Waals surface area contributed by atoms with E-state index in [4.69, 9.17) is 4.74 Å². The predicted molar refractivity (Wildman–Crippen MR) is 124 cm³/mol. The second-order valence-electron chi connectivity index (χ2n) is 10.1. The summed E-state index contributed by atoms with van der Waals surface area (Å²) in [6, 6.07) is 6.59. The molecule has 3 heterocycles. The van der Waals surface area contributed by atoms with Gasteiger partial charge in [-0.05, 0) is 55.9 Å². The average molecular weight is 478 g/mol. The molecule has 2 atom stereocenters. The lowest BCUT2D eigenvalue weighted by Gasteiger charge is -2.27. The Kier molecular flexibility index (Phi) is 6.73. The van der Waals surface area contributed by atoms with E-state index in [1.165, 1.54) is 44.2 Å². The molecule has 6 nitrogen and oxygen atoms in total. The molecule has 186 valence electrons. The molecule has 3 fully saturated rings. The summed E-state index contributed by atoms with van der Waals surface area (Å²) in [6.07, 6.45) is 3.93. The van der Waals surface area contributed by atoms with Crippen molar-refractivity contribution in [2.45, 2.75) is 63.1 Å². The van der Waals surface area contributed by atoms with Crippen molar-refractivity contribution >= 4 is 5.69 Å². The molecule has 2 aliphatic heterocycles. The number of ether oxygens (including phenoxy) is 1. The maximum atomic E-state index is 12.9. The van der Waals surface area contributed by atoms with Crippen LogP contribution in [0.25, 0.3) is 0 Å². The van der Waals surface area contributed by atoms with Gasteiger partial charge in [0.25, 0.3) is 0 Å². The molecule has 0 spiro atoms. The number of hydrogen-bond donors (Lipinski definition) is 0. The molecular weight excluding hydrogens is 443 g/mol. The Morgan fingerprint density at radius 2 is 1.76 bits per heavy atom. The van der Waals surface area contributed by atoms with Crippen LogP contribution in [0.5, 0.6) is 6.01 Å². The number of fused-ring (bicyclic) bond motifs is 1. The van der Waals surface area contributed by atoms with Crippen molar-refractivity contribution in [1.82, 2.24) is 19.7 Å². The first-order valence-corrected chi connectivity index (χ1v) is 12.6. The van der Waals surface area contributed by atoms with Gasteiger partial charge in [0.1, 0.15) is 5.82 Å². The van der Waals surface area contributed by atoms with E-state index in [2.05, 4.69) is 20.0 Å². The lowest BCUT2D eigenvalue weighted by molar-refractivity contribution is -0.137. The molecule has 1 aliphatic carbocycles. The van der Waals surface area contributed by atoms with Gasteiger partial charge >= 0.3 is 12.2 Å². The zero-order valence-electron chi connectivity index (χ0n) is 19.8. The Hall–Kier alpha value is -2.29. The first-order valence-electron chi connectivity index (χ1n) is 12.6. The summed E-state index contributed by atoms with van der Waals surface area (Å²) in [7, 11) is 2.00. The summed E-state index contributed by atoms with van der Waals surface area (Å²) in [5.74, 6) is 2.12. The molecule has 2 aromatic rings. The van der Waals surface area contributed by atoms with Crippen LogP contribution in [0.1, 0.15) is 62.3 Å². The largest absolute Gasteiger partial charge is 0.464 e. The first-order chi connectivity index (χ1) is 16.4. The Labute approximate surface area is 199 Å². The standard InChI is InChI=1S/C25H34F3N5O/c1-31-23(18-6-3-2-4-7-18)29-30-24(31)34-15-5-13-32-16-19-12-14-33(22(19)17-32)21-10-8-20(9-11-21)25(26,27)28/h8-11,18-19,22H,2-7,12-17H2,1H3. The van der Waals surface area contributed by atoms with Crippen molar-refractivity contribution in [2.75, 3.05) is 37.7 Å². The molecule has 9 heteroatoms. The first kappa shape index (κ1) is 23.5. The second kappa shape index (κ2) is 9.76. The van der Waals surface area contributed by atoms with Gasteiger partial charge in [0.05, 0.1) is 12.2 Å². The molecule has 2 unspecified atom stereocenters. The predicted octanol–water partition coefficient (Wildman–Crippen LogP) is 4.86. The molecule has 0 bridgehead atoms. The molecule has 34 heavy (non-hydrogen) atoms. The van der Waals surface area contributed by atoms with E-state index in [9.17, 15) is 13.2 Å². The maximum absolute atomic E-state index is 12.9. The lowest BCUT2D eigenvalue weighted by atomic mass is 9.89. The number of nitrogens with zero attached hydrogens (tertiary/aromatic N) is 5. The fourth-order valence-corrected chi connectivity index (χ4v) is 6.01. The summed E-state index contributed by atoms with van der Waals surface area (Å²) in [6.45, 7) is 4.44. The van der Waals surface area contributed by atoms with Gasteiger partial charge in [-0.25, -0.2) is 0 Å². The topological polar surface area (TPSA) is 46.4 Å². The number of alkyl halides is 3. The minimum absolute atomic E-state index is 0.370. The van der Waals surface area contributed by atoms with E-state index in [1.54, 1.807) is 12.1 Å². The van der Waals surface area contributed by atoms with Crippen LogP contribution in [-0.2, 0) is 13.2 Å². The molecule has 1 aromatic carbocycles. The molecule has 0 amide bonds. The highest BCUT2D eigenvalue weighted by Crippen LogP contribution is 2.37. The lowest BCUT2D eigenvalue weighted by Crippen LogP contribution is -2.35. The van der Waals surface area contributed by atoms with E-state index in [-0.39, 0.29) is 0 Å². The van der Waals surface area contributed by atoms with Crippen molar-refractivity contribution in [3.05, 3.63) is 35.7 Å². The van der Waals surface area contributed by atoms with Crippen molar-refractivity contribution in [3.8, 4) is 6.01 Å². The number of halogens is 3. The number of benzene rings is 1. The summed E-state index contributed by atoms with van der Waals surface area (Å²) in [4.78, 5) is 4.74. The highest BCUT2D eigenvalue weighted by molar-refractivity contribution is 5.50. The number of rotatable bonds is 7. The molecule has 0 N–H and O–H groups in total. The van der Waals surface area contributed by atoms with Crippen LogP contribution in [0.3, 0.4) is 0 Å². The van der Waals surface area contributed by atoms with E-state index >= 15 is 0 Å². The van der Waals surface area contributed by atoms with Crippen molar-refractivity contribution in [3.63, 3.8) is 0 Å². The third-order valence-electron chi connectivity index (χ3n) is 7.84.